The van der Waals surface area contributed by atoms with Crippen LogP contribution in [0.25, 0.3) is 0 Å². The van der Waals surface area contributed by atoms with Gasteiger partial charge in [0.2, 0.25) is 0 Å². The summed E-state index contributed by atoms with van der Waals surface area (Å²) in [5, 5.41) is 0.133. The fourth-order valence-electron chi connectivity index (χ4n) is 1.16. The number of rotatable bonds is 3. The van der Waals surface area contributed by atoms with Crippen molar-refractivity contribution in [2.45, 2.75) is 20.3 Å². The van der Waals surface area contributed by atoms with Crippen LogP contribution in [0.5, 0.6) is 0 Å². The number of carbonyl (C=O) groups excluding carboxylic acids is 1. The fraction of sp³-hybridized carbons (Fsp3) is 0.400. The quantitative estimate of drug-likeness (QED) is 0.804. The molecule has 0 spiro atoms. The summed E-state index contributed by atoms with van der Waals surface area (Å²) in [6, 6.07) is 1.56. The molecule has 0 saturated heterocycles. The second-order valence-corrected chi connectivity index (χ2v) is 3.33. The van der Waals surface area contributed by atoms with E-state index in [2.05, 4.69) is 4.98 Å². The van der Waals surface area contributed by atoms with Gasteiger partial charge in [-0.25, -0.2) is 4.79 Å². The zero-order valence-corrected chi connectivity index (χ0v) is 9.35. The van der Waals surface area contributed by atoms with Crippen molar-refractivity contribution in [3.8, 4) is 0 Å². The van der Waals surface area contributed by atoms with Gasteiger partial charge in [0.05, 0.1) is 11.6 Å². The number of aromatic amines is 1. The first kappa shape index (κ1) is 11.8. The highest BCUT2D eigenvalue weighted by molar-refractivity contribution is 6.33. The van der Waals surface area contributed by atoms with Gasteiger partial charge in [0.1, 0.15) is 5.56 Å². The van der Waals surface area contributed by atoms with Crippen molar-refractivity contribution >= 4 is 17.6 Å². The molecule has 0 fully saturated rings. The molecular weight excluding hydrogens is 218 g/mol. The van der Waals surface area contributed by atoms with Gasteiger partial charge in [-0.2, -0.15) is 0 Å². The largest absolute Gasteiger partial charge is 0.462 e. The highest BCUT2D eigenvalue weighted by Crippen LogP contribution is 2.13. The van der Waals surface area contributed by atoms with Crippen LogP contribution in [0, 0.1) is 0 Å². The number of carbonyl (C=O) groups is 1. The molecular formula is C10H12ClNO3. The Balaban J connectivity index is 3.20. The number of aromatic nitrogens is 1. The molecule has 0 amide bonds. The normalized spacial score (nSPS) is 10.1. The standard InChI is InChI=1S/C10H12ClNO3/c1-3-6-5-7(11)8(9(13)12-6)10(14)15-4-2/h5H,3-4H2,1-2H3,(H,12,13). The molecule has 0 aliphatic carbocycles. The molecule has 0 unspecified atom stereocenters. The molecule has 0 atom stereocenters. The first-order valence-corrected chi connectivity index (χ1v) is 5.06. The molecule has 1 heterocycles. The summed E-state index contributed by atoms with van der Waals surface area (Å²) in [6.45, 7) is 3.76. The Labute approximate surface area is 92.2 Å². The van der Waals surface area contributed by atoms with Crippen molar-refractivity contribution < 1.29 is 9.53 Å². The van der Waals surface area contributed by atoms with E-state index >= 15 is 0 Å². The predicted octanol–water partition coefficient (Wildman–Crippen LogP) is 1.77. The molecule has 1 aromatic rings. The number of halogens is 1. The predicted molar refractivity (Wildman–Crippen MR) is 57.4 cm³/mol. The lowest BCUT2D eigenvalue weighted by molar-refractivity contribution is 0.0524. The summed E-state index contributed by atoms with van der Waals surface area (Å²) in [5.74, 6) is -0.689. The van der Waals surface area contributed by atoms with Crippen molar-refractivity contribution in [3.63, 3.8) is 0 Å². The maximum Gasteiger partial charge on any atom is 0.345 e. The number of esters is 1. The van der Waals surface area contributed by atoms with E-state index in [4.69, 9.17) is 16.3 Å². The molecule has 0 aliphatic rings. The van der Waals surface area contributed by atoms with Crippen LogP contribution in [-0.2, 0) is 11.2 Å². The first-order chi connectivity index (χ1) is 7.10. The minimum atomic E-state index is -0.689. The van der Waals surface area contributed by atoms with Crippen LogP contribution in [0.2, 0.25) is 5.02 Å². The highest BCUT2D eigenvalue weighted by atomic mass is 35.5. The van der Waals surface area contributed by atoms with Crippen molar-refractivity contribution in [1.29, 1.82) is 0 Å². The van der Waals surface area contributed by atoms with E-state index in [1.165, 1.54) is 0 Å². The summed E-state index contributed by atoms with van der Waals surface area (Å²) >= 11 is 5.82. The minimum absolute atomic E-state index is 0.129. The molecule has 82 valence electrons. The van der Waals surface area contributed by atoms with Crippen molar-refractivity contribution in [2.75, 3.05) is 6.61 Å². The number of ether oxygens (including phenoxy) is 1. The van der Waals surface area contributed by atoms with Gasteiger partial charge in [0, 0.05) is 5.69 Å². The summed E-state index contributed by atoms with van der Waals surface area (Å²) in [5.41, 5.74) is 0.0616. The SMILES string of the molecule is CCOC(=O)c1c(Cl)cc(CC)[nH]c1=O. The van der Waals surface area contributed by atoms with Gasteiger partial charge in [0.15, 0.2) is 0 Å². The molecule has 1 aromatic heterocycles. The van der Waals surface area contributed by atoms with Crippen LogP contribution >= 0.6 is 11.6 Å². The lowest BCUT2D eigenvalue weighted by atomic mass is 10.2. The third-order valence-electron chi connectivity index (χ3n) is 1.90. The van der Waals surface area contributed by atoms with Crippen LogP contribution in [-0.4, -0.2) is 17.6 Å². The van der Waals surface area contributed by atoms with E-state index in [1.54, 1.807) is 13.0 Å². The van der Waals surface area contributed by atoms with E-state index in [0.29, 0.717) is 12.1 Å². The first-order valence-electron chi connectivity index (χ1n) is 4.69. The van der Waals surface area contributed by atoms with Gasteiger partial charge in [0.25, 0.3) is 5.56 Å². The van der Waals surface area contributed by atoms with Crippen molar-refractivity contribution in [2.24, 2.45) is 0 Å². The maximum absolute atomic E-state index is 11.5. The average Bonchev–Trinajstić information content (AvgIpc) is 2.16. The van der Waals surface area contributed by atoms with Crippen LogP contribution in [0.3, 0.4) is 0 Å². The lowest BCUT2D eigenvalue weighted by Crippen LogP contribution is -2.21. The Morgan fingerprint density at radius 1 is 1.53 bits per heavy atom. The molecule has 0 bridgehead atoms. The molecule has 0 aliphatic heterocycles. The Hall–Kier alpha value is -1.29. The summed E-state index contributed by atoms with van der Waals surface area (Å²) in [6.07, 6.45) is 0.651. The molecule has 1 N–H and O–H groups in total. The zero-order valence-electron chi connectivity index (χ0n) is 8.59. The van der Waals surface area contributed by atoms with Crippen LogP contribution < -0.4 is 5.56 Å². The Kier molecular flexibility index (Phi) is 3.91. The third-order valence-corrected chi connectivity index (χ3v) is 2.20. The van der Waals surface area contributed by atoms with E-state index < -0.39 is 11.5 Å². The van der Waals surface area contributed by atoms with Gasteiger partial charge in [-0.05, 0) is 19.4 Å². The van der Waals surface area contributed by atoms with E-state index in [9.17, 15) is 9.59 Å². The second kappa shape index (κ2) is 4.98. The van der Waals surface area contributed by atoms with Crippen molar-refractivity contribution in [1.82, 2.24) is 4.98 Å². The summed E-state index contributed by atoms with van der Waals surface area (Å²) < 4.78 is 4.72. The number of nitrogens with one attached hydrogen (secondary N) is 1. The molecule has 0 radical (unpaired) electrons. The van der Waals surface area contributed by atoms with E-state index in [1.807, 2.05) is 6.92 Å². The van der Waals surface area contributed by atoms with Crippen LogP contribution in [0.15, 0.2) is 10.9 Å². The summed E-state index contributed by atoms with van der Waals surface area (Å²) in [4.78, 5) is 25.4. The Morgan fingerprint density at radius 3 is 2.67 bits per heavy atom. The maximum atomic E-state index is 11.5. The molecule has 5 heteroatoms. The van der Waals surface area contributed by atoms with Crippen molar-refractivity contribution in [3.05, 3.63) is 32.7 Å². The third kappa shape index (κ3) is 2.59. The van der Waals surface area contributed by atoms with Gasteiger partial charge >= 0.3 is 5.97 Å². The zero-order chi connectivity index (χ0) is 11.4. The van der Waals surface area contributed by atoms with E-state index in [0.717, 1.165) is 0 Å². The molecule has 4 nitrogen and oxygen atoms in total. The number of pyridine rings is 1. The summed E-state index contributed by atoms with van der Waals surface area (Å²) in [7, 11) is 0. The van der Waals surface area contributed by atoms with Gasteiger partial charge in [-0.1, -0.05) is 18.5 Å². The fourth-order valence-corrected chi connectivity index (χ4v) is 1.46. The highest BCUT2D eigenvalue weighted by Gasteiger charge is 2.16. The molecule has 1 rings (SSSR count). The molecule has 15 heavy (non-hydrogen) atoms. The lowest BCUT2D eigenvalue weighted by Gasteiger charge is -2.04. The number of hydrogen-bond donors (Lipinski definition) is 1. The number of aryl methyl sites for hydroxylation is 1. The molecule has 0 saturated carbocycles. The van der Waals surface area contributed by atoms with Gasteiger partial charge in [-0.3, -0.25) is 4.79 Å². The minimum Gasteiger partial charge on any atom is -0.462 e. The molecule has 0 aromatic carbocycles. The van der Waals surface area contributed by atoms with Gasteiger partial charge in [-0.15, -0.1) is 0 Å². The number of H-pyrrole nitrogens is 1. The average molecular weight is 230 g/mol. The van der Waals surface area contributed by atoms with E-state index in [-0.39, 0.29) is 17.2 Å². The number of hydrogen-bond acceptors (Lipinski definition) is 3. The smallest absolute Gasteiger partial charge is 0.345 e. The van der Waals surface area contributed by atoms with Crippen LogP contribution in [0.1, 0.15) is 29.9 Å². The monoisotopic (exact) mass is 229 g/mol. The second-order valence-electron chi connectivity index (χ2n) is 2.92. The van der Waals surface area contributed by atoms with Crippen LogP contribution in [0.4, 0.5) is 0 Å². The Bertz CT molecular complexity index is 425. The topological polar surface area (TPSA) is 59.2 Å². The van der Waals surface area contributed by atoms with Gasteiger partial charge < -0.3 is 9.72 Å². The Morgan fingerprint density at radius 2 is 2.20 bits per heavy atom.